The summed E-state index contributed by atoms with van der Waals surface area (Å²) in [4.78, 5) is 22.1. The lowest BCUT2D eigenvalue weighted by Crippen LogP contribution is -2.38. The number of carbonyl (C=O) groups excluding carboxylic acids is 1. The van der Waals surface area contributed by atoms with E-state index < -0.39 is 34.5 Å². The third-order valence-corrected chi connectivity index (χ3v) is 4.68. The standard InChI is InChI=1S/C14H19NO4S/c1-9-5-4-6-10(2)12(9)8-20(19)11(3)14(18)15-7-13(16)17/h4-6,11H,7-8H2,1-3H3,(H,15,18)(H,16,17). The number of nitrogens with one attached hydrogen (secondary N) is 1. The van der Waals surface area contributed by atoms with Gasteiger partial charge in [-0.3, -0.25) is 13.8 Å². The molecule has 0 saturated carbocycles. The molecule has 0 aliphatic heterocycles. The Morgan fingerprint density at radius 2 is 1.85 bits per heavy atom. The Labute approximate surface area is 120 Å². The van der Waals surface area contributed by atoms with Crippen LogP contribution in [0.5, 0.6) is 0 Å². The zero-order chi connectivity index (χ0) is 15.3. The van der Waals surface area contributed by atoms with Gasteiger partial charge in [0.05, 0.1) is 0 Å². The zero-order valence-electron chi connectivity index (χ0n) is 11.8. The summed E-state index contributed by atoms with van der Waals surface area (Å²) in [6, 6.07) is 5.81. The number of carbonyl (C=O) groups is 2. The second-order valence-electron chi connectivity index (χ2n) is 4.65. The zero-order valence-corrected chi connectivity index (χ0v) is 12.6. The predicted octanol–water partition coefficient (Wildman–Crippen LogP) is 1.14. The number of carboxylic acids is 1. The summed E-state index contributed by atoms with van der Waals surface area (Å²) >= 11 is 0. The van der Waals surface area contributed by atoms with Crippen LogP contribution in [0.3, 0.4) is 0 Å². The van der Waals surface area contributed by atoms with Crippen molar-refractivity contribution in [2.45, 2.75) is 31.8 Å². The third kappa shape index (κ3) is 4.45. The fourth-order valence-electron chi connectivity index (χ4n) is 1.77. The van der Waals surface area contributed by atoms with Crippen LogP contribution in [0, 0.1) is 13.8 Å². The number of carboxylic acid groups (broad SMARTS) is 1. The summed E-state index contributed by atoms with van der Waals surface area (Å²) in [6.07, 6.45) is 0. The topological polar surface area (TPSA) is 83.5 Å². The fraction of sp³-hybridized carbons (Fsp3) is 0.429. The van der Waals surface area contributed by atoms with Crippen molar-refractivity contribution in [3.8, 4) is 0 Å². The normalized spacial score (nSPS) is 13.6. The van der Waals surface area contributed by atoms with Crippen LogP contribution in [0.4, 0.5) is 0 Å². The van der Waals surface area contributed by atoms with E-state index in [4.69, 9.17) is 5.11 Å². The molecule has 0 radical (unpaired) electrons. The molecule has 6 heteroatoms. The maximum absolute atomic E-state index is 12.2. The van der Waals surface area contributed by atoms with Gasteiger partial charge in [0.2, 0.25) is 5.91 Å². The van der Waals surface area contributed by atoms with Crippen molar-refractivity contribution in [1.29, 1.82) is 0 Å². The van der Waals surface area contributed by atoms with Crippen molar-refractivity contribution >= 4 is 22.7 Å². The number of rotatable bonds is 6. The van der Waals surface area contributed by atoms with Crippen molar-refractivity contribution in [3.05, 3.63) is 34.9 Å². The minimum Gasteiger partial charge on any atom is -0.480 e. The number of amides is 1. The predicted molar refractivity (Wildman–Crippen MR) is 77.9 cm³/mol. The lowest BCUT2D eigenvalue weighted by Gasteiger charge is -2.14. The largest absolute Gasteiger partial charge is 0.480 e. The second kappa shape index (κ2) is 7.19. The summed E-state index contributed by atoms with van der Waals surface area (Å²) in [7, 11) is -1.39. The number of hydrogen-bond acceptors (Lipinski definition) is 3. The van der Waals surface area contributed by atoms with Gasteiger partial charge in [0.25, 0.3) is 0 Å². The van der Waals surface area contributed by atoms with Crippen LogP contribution in [-0.2, 0) is 26.1 Å². The SMILES string of the molecule is Cc1cccc(C)c1CS(=O)C(C)C(=O)NCC(=O)O. The molecule has 20 heavy (non-hydrogen) atoms. The number of aryl methyl sites for hydroxylation is 2. The Hall–Kier alpha value is -1.69. The maximum atomic E-state index is 12.2. The average Bonchev–Trinajstić information content (AvgIpc) is 2.39. The Morgan fingerprint density at radius 1 is 1.30 bits per heavy atom. The van der Waals surface area contributed by atoms with Crippen molar-refractivity contribution in [1.82, 2.24) is 5.32 Å². The average molecular weight is 297 g/mol. The van der Waals surface area contributed by atoms with Crippen LogP contribution >= 0.6 is 0 Å². The molecular formula is C14H19NO4S. The molecule has 5 nitrogen and oxygen atoms in total. The lowest BCUT2D eigenvalue weighted by molar-refractivity contribution is -0.137. The van der Waals surface area contributed by atoms with Gasteiger partial charge < -0.3 is 10.4 Å². The van der Waals surface area contributed by atoms with Crippen molar-refractivity contribution < 1.29 is 18.9 Å². The molecule has 2 atom stereocenters. The molecule has 0 saturated heterocycles. The molecule has 0 spiro atoms. The molecule has 2 unspecified atom stereocenters. The first-order chi connectivity index (χ1) is 9.32. The summed E-state index contributed by atoms with van der Waals surface area (Å²) in [5.74, 6) is -1.33. The van der Waals surface area contributed by atoms with Gasteiger partial charge in [-0.1, -0.05) is 18.2 Å². The van der Waals surface area contributed by atoms with E-state index in [0.717, 1.165) is 16.7 Å². The summed E-state index contributed by atoms with van der Waals surface area (Å²) in [5.41, 5.74) is 3.05. The van der Waals surface area contributed by atoms with Crippen LogP contribution in [0.25, 0.3) is 0 Å². The van der Waals surface area contributed by atoms with E-state index in [1.807, 2.05) is 32.0 Å². The summed E-state index contributed by atoms with van der Waals surface area (Å²) in [5, 5.41) is 10.0. The van der Waals surface area contributed by atoms with E-state index in [0.29, 0.717) is 5.75 Å². The summed E-state index contributed by atoms with van der Waals surface area (Å²) < 4.78 is 12.2. The van der Waals surface area contributed by atoms with Crippen molar-refractivity contribution in [2.75, 3.05) is 6.54 Å². The van der Waals surface area contributed by atoms with Crippen molar-refractivity contribution in [3.63, 3.8) is 0 Å². The van der Waals surface area contributed by atoms with E-state index >= 15 is 0 Å². The van der Waals surface area contributed by atoms with E-state index in [-0.39, 0.29) is 0 Å². The fourth-order valence-corrected chi connectivity index (χ4v) is 3.08. The first-order valence-electron chi connectivity index (χ1n) is 6.24. The number of benzene rings is 1. The minimum absolute atomic E-state index is 0.292. The molecule has 2 N–H and O–H groups in total. The van der Waals surface area contributed by atoms with Gasteiger partial charge in [0.1, 0.15) is 11.8 Å². The number of aliphatic carboxylic acids is 1. The van der Waals surface area contributed by atoms with E-state index in [1.165, 1.54) is 0 Å². The Kier molecular flexibility index (Phi) is 5.88. The van der Waals surface area contributed by atoms with Gasteiger partial charge in [-0.05, 0) is 37.5 Å². The molecule has 110 valence electrons. The van der Waals surface area contributed by atoms with Crippen molar-refractivity contribution in [2.24, 2.45) is 0 Å². The van der Waals surface area contributed by atoms with Gasteiger partial charge in [-0.25, -0.2) is 0 Å². The molecule has 0 aliphatic rings. The smallest absolute Gasteiger partial charge is 0.322 e. The highest BCUT2D eigenvalue weighted by atomic mass is 32.2. The van der Waals surface area contributed by atoms with Gasteiger partial charge in [-0.15, -0.1) is 0 Å². The van der Waals surface area contributed by atoms with Gasteiger partial charge in [0, 0.05) is 16.6 Å². The molecule has 1 aromatic rings. The molecule has 1 rings (SSSR count). The van der Waals surface area contributed by atoms with Gasteiger partial charge in [-0.2, -0.15) is 0 Å². The summed E-state index contributed by atoms with van der Waals surface area (Å²) in [6.45, 7) is 4.97. The Balaban J connectivity index is 2.71. The molecule has 0 aromatic heterocycles. The number of hydrogen-bond donors (Lipinski definition) is 2. The third-order valence-electron chi connectivity index (χ3n) is 3.11. The van der Waals surface area contributed by atoms with Gasteiger partial charge in [0.15, 0.2) is 0 Å². The molecule has 0 bridgehead atoms. The second-order valence-corrected chi connectivity index (χ2v) is 6.41. The monoisotopic (exact) mass is 297 g/mol. The quantitative estimate of drug-likeness (QED) is 0.825. The highest BCUT2D eigenvalue weighted by molar-refractivity contribution is 7.85. The van der Waals surface area contributed by atoms with Crippen LogP contribution in [-0.4, -0.2) is 33.0 Å². The first kappa shape index (κ1) is 16.4. The van der Waals surface area contributed by atoms with Crippen LogP contribution in [0.1, 0.15) is 23.6 Å². The minimum atomic E-state index is -1.39. The Bertz CT molecular complexity index is 522. The molecule has 0 aliphatic carbocycles. The van der Waals surface area contributed by atoms with E-state index in [1.54, 1.807) is 6.92 Å². The van der Waals surface area contributed by atoms with Gasteiger partial charge >= 0.3 is 5.97 Å². The van der Waals surface area contributed by atoms with E-state index in [2.05, 4.69) is 5.32 Å². The molecule has 0 fully saturated rings. The highest BCUT2D eigenvalue weighted by Crippen LogP contribution is 2.16. The molecule has 1 amide bonds. The molecular weight excluding hydrogens is 278 g/mol. The lowest BCUT2D eigenvalue weighted by atomic mass is 10.1. The van der Waals surface area contributed by atoms with Crippen LogP contribution in [0.15, 0.2) is 18.2 Å². The maximum Gasteiger partial charge on any atom is 0.322 e. The molecule has 0 heterocycles. The van der Waals surface area contributed by atoms with Crippen LogP contribution < -0.4 is 5.32 Å². The first-order valence-corrected chi connectivity index (χ1v) is 7.63. The Morgan fingerprint density at radius 3 is 2.35 bits per heavy atom. The van der Waals surface area contributed by atoms with Crippen LogP contribution in [0.2, 0.25) is 0 Å². The molecule has 1 aromatic carbocycles. The highest BCUT2D eigenvalue weighted by Gasteiger charge is 2.21. The van der Waals surface area contributed by atoms with E-state index in [9.17, 15) is 13.8 Å².